The first-order valence-corrected chi connectivity index (χ1v) is 7.79. The second-order valence-corrected chi connectivity index (χ2v) is 6.06. The Labute approximate surface area is 134 Å². The van der Waals surface area contributed by atoms with E-state index in [-0.39, 0.29) is 5.91 Å². The smallest absolute Gasteiger partial charge is 0.226 e. The van der Waals surface area contributed by atoms with Crippen molar-refractivity contribution in [2.45, 2.75) is 39.7 Å². The van der Waals surface area contributed by atoms with Gasteiger partial charge in [0.1, 0.15) is 5.82 Å². The number of carbonyl (C=O) groups is 1. The van der Waals surface area contributed by atoms with Crippen LogP contribution < -0.4 is 5.32 Å². The van der Waals surface area contributed by atoms with Crippen molar-refractivity contribution in [3.8, 4) is 0 Å². The third-order valence-electron chi connectivity index (χ3n) is 3.89. The lowest BCUT2D eigenvalue weighted by Gasteiger charge is -2.11. The van der Waals surface area contributed by atoms with Crippen LogP contribution in [0.4, 0.5) is 5.69 Å². The standard InChI is InChI=1S/C17H21N5O/c1-11(2)17-18-5-7-22(17)6-4-16(23)20-13-8-12(3)14-10-19-21-15(14)9-13/h5,7-11H,4,6H2,1-3H3,(H,19,21)(H,20,23). The van der Waals surface area contributed by atoms with E-state index >= 15 is 0 Å². The van der Waals surface area contributed by atoms with Crippen LogP contribution in [-0.2, 0) is 11.3 Å². The predicted molar refractivity (Wildman–Crippen MR) is 90.4 cm³/mol. The Morgan fingerprint density at radius 3 is 3.00 bits per heavy atom. The molecule has 0 saturated carbocycles. The van der Waals surface area contributed by atoms with Gasteiger partial charge in [0.25, 0.3) is 0 Å². The molecule has 0 aliphatic heterocycles. The van der Waals surface area contributed by atoms with Crippen molar-refractivity contribution in [3.05, 3.63) is 42.1 Å². The first-order chi connectivity index (χ1) is 11.0. The maximum atomic E-state index is 12.2. The number of fused-ring (bicyclic) bond motifs is 1. The molecule has 1 aromatic carbocycles. The van der Waals surface area contributed by atoms with Crippen LogP contribution in [0, 0.1) is 6.92 Å². The minimum atomic E-state index is -0.00771. The van der Waals surface area contributed by atoms with Crippen molar-refractivity contribution in [1.29, 1.82) is 0 Å². The molecule has 0 unspecified atom stereocenters. The number of H-pyrrole nitrogens is 1. The van der Waals surface area contributed by atoms with Gasteiger partial charge in [0, 0.05) is 42.4 Å². The Hall–Kier alpha value is -2.63. The fraction of sp³-hybridized carbons (Fsp3) is 0.353. The normalized spacial score (nSPS) is 11.3. The zero-order chi connectivity index (χ0) is 16.4. The van der Waals surface area contributed by atoms with Gasteiger partial charge in [-0.1, -0.05) is 13.8 Å². The topological polar surface area (TPSA) is 75.6 Å². The molecular formula is C17H21N5O. The highest BCUT2D eigenvalue weighted by Crippen LogP contribution is 2.21. The molecule has 1 amide bonds. The monoisotopic (exact) mass is 311 g/mol. The van der Waals surface area contributed by atoms with Crippen molar-refractivity contribution >= 4 is 22.5 Å². The Balaban J connectivity index is 1.65. The van der Waals surface area contributed by atoms with Gasteiger partial charge in [-0.05, 0) is 24.6 Å². The minimum absolute atomic E-state index is 0.00771. The summed E-state index contributed by atoms with van der Waals surface area (Å²) in [6.07, 6.45) is 5.91. The summed E-state index contributed by atoms with van der Waals surface area (Å²) in [5, 5.41) is 11.0. The fourth-order valence-corrected chi connectivity index (χ4v) is 2.76. The third-order valence-corrected chi connectivity index (χ3v) is 3.89. The second-order valence-electron chi connectivity index (χ2n) is 6.06. The fourth-order valence-electron chi connectivity index (χ4n) is 2.76. The van der Waals surface area contributed by atoms with E-state index < -0.39 is 0 Å². The molecule has 0 radical (unpaired) electrons. The van der Waals surface area contributed by atoms with E-state index in [1.807, 2.05) is 29.8 Å². The molecule has 2 heterocycles. The summed E-state index contributed by atoms with van der Waals surface area (Å²) in [6.45, 7) is 6.83. The zero-order valence-electron chi connectivity index (χ0n) is 13.6. The maximum Gasteiger partial charge on any atom is 0.226 e. The summed E-state index contributed by atoms with van der Waals surface area (Å²) in [4.78, 5) is 16.5. The summed E-state index contributed by atoms with van der Waals surface area (Å²) in [6, 6.07) is 3.87. The summed E-state index contributed by atoms with van der Waals surface area (Å²) in [5.41, 5.74) is 2.80. The van der Waals surface area contributed by atoms with E-state index in [4.69, 9.17) is 0 Å². The minimum Gasteiger partial charge on any atom is -0.334 e. The van der Waals surface area contributed by atoms with E-state index in [9.17, 15) is 4.79 Å². The molecule has 23 heavy (non-hydrogen) atoms. The SMILES string of the molecule is Cc1cc(NC(=O)CCn2ccnc2C(C)C)cc2[nH]ncc12. The Bertz CT molecular complexity index is 830. The predicted octanol–water partition coefficient (Wildman–Crippen LogP) is 3.22. The summed E-state index contributed by atoms with van der Waals surface area (Å²) < 4.78 is 2.04. The van der Waals surface area contributed by atoms with Gasteiger partial charge in [0.15, 0.2) is 0 Å². The van der Waals surface area contributed by atoms with E-state index in [0.717, 1.165) is 28.0 Å². The molecule has 0 fully saturated rings. The number of imidazole rings is 1. The summed E-state index contributed by atoms with van der Waals surface area (Å²) in [5.74, 6) is 1.35. The number of carbonyl (C=O) groups excluding carboxylic acids is 1. The van der Waals surface area contributed by atoms with Gasteiger partial charge in [-0.15, -0.1) is 0 Å². The number of aromatic nitrogens is 4. The van der Waals surface area contributed by atoms with Gasteiger partial charge in [-0.2, -0.15) is 5.10 Å². The molecule has 3 aromatic rings. The lowest BCUT2D eigenvalue weighted by atomic mass is 10.1. The third kappa shape index (κ3) is 3.26. The number of aryl methyl sites for hydroxylation is 2. The van der Waals surface area contributed by atoms with Gasteiger partial charge in [0.05, 0.1) is 11.7 Å². The molecule has 0 saturated heterocycles. The molecular weight excluding hydrogens is 290 g/mol. The number of benzene rings is 1. The zero-order valence-corrected chi connectivity index (χ0v) is 13.6. The first-order valence-electron chi connectivity index (χ1n) is 7.79. The van der Waals surface area contributed by atoms with E-state index in [1.54, 1.807) is 12.4 Å². The van der Waals surface area contributed by atoms with Crippen LogP contribution in [0.3, 0.4) is 0 Å². The van der Waals surface area contributed by atoms with Gasteiger partial charge >= 0.3 is 0 Å². The number of aromatic amines is 1. The molecule has 2 N–H and O–H groups in total. The Kier molecular flexibility index (Phi) is 4.14. The van der Waals surface area contributed by atoms with Crippen LogP contribution >= 0.6 is 0 Å². The van der Waals surface area contributed by atoms with Gasteiger partial charge < -0.3 is 9.88 Å². The van der Waals surface area contributed by atoms with E-state index in [0.29, 0.717) is 18.9 Å². The lowest BCUT2D eigenvalue weighted by Crippen LogP contribution is -2.15. The molecule has 6 heteroatoms. The molecule has 6 nitrogen and oxygen atoms in total. The highest BCUT2D eigenvalue weighted by molar-refractivity contribution is 5.94. The van der Waals surface area contributed by atoms with Crippen LogP contribution in [0.5, 0.6) is 0 Å². The van der Waals surface area contributed by atoms with Crippen LogP contribution in [-0.4, -0.2) is 25.7 Å². The van der Waals surface area contributed by atoms with Crippen LogP contribution in [0.15, 0.2) is 30.7 Å². The number of hydrogen-bond donors (Lipinski definition) is 2. The summed E-state index contributed by atoms with van der Waals surface area (Å²) >= 11 is 0. The largest absolute Gasteiger partial charge is 0.334 e. The highest BCUT2D eigenvalue weighted by Gasteiger charge is 2.10. The van der Waals surface area contributed by atoms with Crippen molar-refractivity contribution in [2.24, 2.45) is 0 Å². The number of anilines is 1. The number of nitrogens with zero attached hydrogens (tertiary/aromatic N) is 3. The maximum absolute atomic E-state index is 12.2. The summed E-state index contributed by atoms with van der Waals surface area (Å²) in [7, 11) is 0. The lowest BCUT2D eigenvalue weighted by molar-refractivity contribution is -0.116. The van der Waals surface area contributed by atoms with Crippen LogP contribution in [0.1, 0.15) is 37.6 Å². The quantitative estimate of drug-likeness (QED) is 0.759. The number of amides is 1. The number of hydrogen-bond acceptors (Lipinski definition) is 3. The molecule has 0 spiro atoms. The number of rotatable bonds is 5. The Morgan fingerprint density at radius 1 is 1.39 bits per heavy atom. The second kappa shape index (κ2) is 6.24. The van der Waals surface area contributed by atoms with Gasteiger partial charge in [0.2, 0.25) is 5.91 Å². The molecule has 0 aliphatic carbocycles. The van der Waals surface area contributed by atoms with Crippen molar-refractivity contribution in [2.75, 3.05) is 5.32 Å². The average Bonchev–Trinajstić information content (AvgIpc) is 3.13. The van der Waals surface area contributed by atoms with Crippen molar-refractivity contribution < 1.29 is 4.79 Å². The highest BCUT2D eigenvalue weighted by atomic mass is 16.1. The average molecular weight is 311 g/mol. The molecule has 2 aromatic heterocycles. The van der Waals surface area contributed by atoms with Gasteiger partial charge in [-0.3, -0.25) is 9.89 Å². The first kappa shape index (κ1) is 15.3. The van der Waals surface area contributed by atoms with E-state index in [1.165, 1.54) is 0 Å². The molecule has 120 valence electrons. The van der Waals surface area contributed by atoms with Crippen molar-refractivity contribution in [3.63, 3.8) is 0 Å². The number of nitrogens with one attached hydrogen (secondary N) is 2. The molecule has 3 rings (SSSR count). The van der Waals surface area contributed by atoms with Crippen LogP contribution in [0.25, 0.3) is 10.9 Å². The molecule has 0 bridgehead atoms. The van der Waals surface area contributed by atoms with Crippen molar-refractivity contribution in [1.82, 2.24) is 19.7 Å². The molecule has 0 aliphatic rings. The Morgan fingerprint density at radius 2 is 2.22 bits per heavy atom. The molecule has 0 atom stereocenters. The van der Waals surface area contributed by atoms with Crippen LogP contribution in [0.2, 0.25) is 0 Å². The van der Waals surface area contributed by atoms with E-state index in [2.05, 4.69) is 34.3 Å². The van der Waals surface area contributed by atoms with Gasteiger partial charge in [-0.25, -0.2) is 4.98 Å².